The Morgan fingerprint density at radius 1 is 1.28 bits per heavy atom. The highest BCUT2D eigenvalue weighted by molar-refractivity contribution is 7.67. The molecule has 0 saturated carbocycles. The number of nitrogens with zero attached hydrogens (tertiary/aromatic N) is 1. The van der Waals surface area contributed by atoms with E-state index in [1.165, 1.54) is 5.44 Å². The summed E-state index contributed by atoms with van der Waals surface area (Å²) in [6.45, 7) is 9.39. The summed E-state index contributed by atoms with van der Waals surface area (Å²) < 4.78 is 0. The summed E-state index contributed by atoms with van der Waals surface area (Å²) in [6, 6.07) is 6.30. The van der Waals surface area contributed by atoms with Crippen molar-refractivity contribution in [2.45, 2.75) is 44.9 Å². The van der Waals surface area contributed by atoms with Gasteiger partial charge in [-0.3, -0.25) is 4.98 Å². The fraction of sp³-hybridized carbons (Fsp3) is 0.438. The lowest BCUT2D eigenvalue weighted by atomic mass is 10.2. The van der Waals surface area contributed by atoms with Crippen LogP contribution in [0.3, 0.4) is 0 Å². The van der Waals surface area contributed by atoms with Crippen molar-refractivity contribution in [3.8, 4) is 0 Å². The summed E-state index contributed by atoms with van der Waals surface area (Å²) in [4.78, 5) is 4.62. The molecule has 2 rings (SSSR count). The van der Waals surface area contributed by atoms with Crippen molar-refractivity contribution >= 4 is 13.4 Å². The zero-order chi connectivity index (χ0) is 13.2. The predicted molar refractivity (Wildman–Crippen MR) is 81.8 cm³/mol. The Hall–Kier alpha value is -0.940. The lowest BCUT2D eigenvalue weighted by molar-refractivity contribution is 0.776. The van der Waals surface area contributed by atoms with E-state index in [2.05, 4.69) is 63.0 Å². The minimum atomic E-state index is -0.288. The molecule has 0 spiro atoms. The first kappa shape index (κ1) is 13.5. The molecule has 1 aromatic heterocycles. The molecule has 0 aromatic carbocycles. The van der Waals surface area contributed by atoms with Gasteiger partial charge in [0.2, 0.25) is 0 Å². The number of aromatic nitrogens is 1. The van der Waals surface area contributed by atoms with Gasteiger partial charge in [0, 0.05) is 11.9 Å². The minimum absolute atomic E-state index is 0.284. The highest BCUT2D eigenvalue weighted by Gasteiger charge is 2.33. The number of allylic oxidation sites excluding steroid dienone is 4. The van der Waals surface area contributed by atoms with Crippen LogP contribution in [-0.4, -0.2) is 15.8 Å². The molecule has 18 heavy (non-hydrogen) atoms. The summed E-state index contributed by atoms with van der Waals surface area (Å²) >= 11 is 0. The molecule has 0 fully saturated rings. The number of hydrogen-bond donors (Lipinski definition) is 0. The molecule has 1 heterocycles. The quantitative estimate of drug-likeness (QED) is 0.739. The zero-order valence-electron chi connectivity index (χ0n) is 11.7. The zero-order valence-corrected chi connectivity index (χ0v) is 12.6. The first-order valence-corrected chi connectivity index (χ1v) is 7.97. The molecule has 1 nitrogen and oxygen atoms in total. The maximum Gasteiger partial charge on any atom is 0.0641 e. The maximum absolute atomic E-state index is 4.62. The van der Waals surface area contributed by atoms with E-state index < -0.39 is 0 Å². The molecule has 0 saturated heterocycles. The third kappa shape index (κ3) is 2.90. The van der Waals surface area contributed by atoms with Gasteiger partial charge in [0.1, 0.15) is 0 Å². The van der Waals surface area contributed by atoms with Crippen LogP contribution in [0.15, 0.2) is 48.2 Å². The second kappa shape index (κ2) is 5.36. The van der Waals surface area contributed by atoms with E-state index in [0.717, 1.165) is 6.42 Å². The third-order valence-electron chi connectivity index (χ3n) is 3.34. The van der Waals surface area contributed by atoms with Gasteiger partial charge in [-0.15, -0.1) is 0 Å². The number of rotatable bonds is 3. The predicted octanol–water partition coefficient (Wildman–Crippen LogP) is 4.26. The van der Waals surface area contributed by atoms with E-state index in [0.29, 0.717) is 5.66 Å². The Balaban J connectivity index is 2.32. The topological polar surface area (TPSA) is 12.9 Å². The van der Waals surface area contributed by atoms with Crippen molar-refractivity contribution in [2.75, 3.05) is 0 Å². The molecular formula is C16H22NP. The number of hydrogen-bond acceptors (Lipinski definition) is 1. The van der Waals surface area contributed by atoms with Crippen LogP contribution in [0, 0.1) is 0 Å². The smallest absolute Gasteiger partial charge is 0.0641 e. The molecule has 1 aromatic rings. The molecule has 1 aliphatic carbocycles. The van der Waals surface area contributed by atoms with Gasteiger partial charge in [0.05, 0.1) is 5.44 Å². The van der Waals surface area contributed by atoms with E-state index in [9.17, 15) is 0 Å². The minimum Gasteiger partial charge on any atom is -0.257 e. The monoisotopic (exact) mass is 259 g/mol. The van der Waals surface area contributed by atoms with E-state index in [-0.39, 0.29) is 13.1 Å². The highest BCUT2D eigenvalue weighted by atomic mass is 31.1. The van der Waals surface area contributed by atoms with Crippen LogP contribution < -0.4 is 5.44 Å². The molecule has 2 heteroatoms. The Kier molecular flexibility index (Phi) is 4.02. The molecule has 0 bridgehead atoms. The Bertz CT molecular complexity index is 454. The van der Waals surface area contributed by atoms with Crippen molar-refractivity contribution < 1.29 is 0 Å². The van der Waals surface area contributed by atoms with E-state index >= 15 is 0 Å². The molecule has 1 aliphatic rings. The van der Waals surface area contributed by atoms with Crippen LogP contribution in [0.5, 0.6) is 0 Å². The van der Waals surface area contributed by atoms with Gasteiger partial charge in [-0.2, -0.15) is 0 Å². The standard InChI is InChI=1S/C16H22NP/c1-13(14-9-5-6-10-14)18(16(2,3)4)15-11-7-8-12-17-15/h5-9,11-13H,10H2,1-4H3/t13-,18?/m1/s1. The van der Waals surface area contributed by atoms with Crippen molar-refractivity contribution in [3.63, 3.8) is 0 Å². The molecule has 2 atom stereocenters. The largest absolute Gasteiger partial charge is 0.257 e. The lowest BCUT2D eigenvalue weighted by Gasteiger charge is -2.36. The van der Waals surface area contributed by atoms with Crippen LogP contribution in [0.2, 0.25) is 0 Å². The normalized spacial score (nSPS) is 18.6. The van der Waals surface area contributed by atoms with Gasteiger partial charge in [-0.25, -0.2) is 0 Å². The van der Waals surface area contributed by atoms with Crippen molar-refractivity contribution in [3.05, 3.63) is 48.2 Å². The molecule has 0 radical (unpaired) electrons. The van der Waals surface area contributed by atoms with Gasteiger partial charge in [0.15, 0.2) is 0 Å². The van der Waals surface area contributed by atoms with E-state index in [4.69, 9.17) is 0 Å². The highest BCUT2D eigenvalue weighted by Crippen LogP contribution is 2.54. The second-order valence-corrected chi connectivity index (χ2v) is 9.09. The van der Waals surface area contributed by atoms with Crippen molar-refractivity contribution in [1.82, 2.24) is 4.98 Å². The van der Waals surface area contributed by atoms with Crippen LogP contribution in [0.25, 0.3) is 0 Å². The first-order valence-electron chi connectivity index (χ1n) is 6.56. The average molecular weight is 259 g/mol. The maximum atomic E-state index is 4.62. The Morgan fingerprint density at radius 3 is 2.56 bits per heavy atom. The van der Waals surface area contributed by atoms with Gasteiger partial charge in [0.25, 0.3) is 0 Å². The lowest BCUT2D eigenvalue weighted by Crippen LogP contribution is -2.27. The van der Waals surface area contributed by atoms with Gasteiger partial charge in [-0.05, 0) is 31.6 Å². The molecule has 96 valence electrons. The first-order chi connectivity index (χ1) is 8.50. The molecule has 0 amide bonds. The summed E-state index contributed by atoms with van der Waals surface area (Å²) in [5.41, 5.74) is 3.44. The number of pyridine rings is 1. The van der Waals surface area contributed by atoms with E-state index in [1.807, 2.05) is 12.3 Å². The summed E-state index contributed by atoms with van der Waals surface area (Å²) in [6.07, 6.45) is 9.75. The summed E-state index contributed by atoms with van der Waals surface area (Å²) in [5, 5.41) is 0.284. The SMILES string of the molecule is C[C@H](C1=CC=CC1)P(c1ccccn1)C(C)(C)C. The van der Waals surface area contributed by atoms with Crippen molar-refractivity contribution in [1.29, 1.82) is 0 Å². The van der Waals surface area contributed by atoms with Crippen LogP contribution >= 0.6 is 7.92 Å². The van der Waals surface area contributed by atoms with Gasteiger partial charge >= 0.3 is 0 Å². The second-order valence-electron chi connectivity index (χ2n) is 5.78. The summed E-state index contributed by atoms with van der Waals surface area (Å²) in [7, 11) is -0.288. The van der Waals surface area contributed by atoms with Crippen LogP contribution in [0.4, 0.5) is 0 Å². The Morgan fingerprint density at radius 2 is 2.06 bits per heavy atom. The van der Waals surface area contributed by atoms with Gasteiger partial charge in [-0.1, -0.05) is 57.6 Å². The fourth-order valence-corrected chi connectivity index (χ4v) is 5.77. The van der Waals surface area contributed by atoms with E-state index in [1.54, 1.807) is 5.57 Å². The molecule has 0 N–H and O–H groups in total. The van der Waals surface area contributed by atoms with Crippen LogP contribution in [0.1, 0.15) is 34.1 Å². The average Bonchev–Trinajstić information content (AvgIpc) is 2.82. The van der Waals surface area contributed by atoms with Gasteiger partial charge < -0.3 is 0 Å². The van der Waals surface area contributed by atoms with Crippen molar-refractivity contribution in [2.24, 2.45) is 0 Å². The Labute approximate surface area is 112 Å². The third-order valence-corrected chi connectivity index (χ3v) is 6.65. The molecule has 1 unspecified atom stereocenters. The fourth-order valence-electron chi connectivity index (χ4n) is 2.56. The molecular weight excluding hydrogens is 237 g/mol. The van der Waals surface area contributed by atoms with Crippen LogP contribution in [-0.2, 0) is 0 Å². The summed E-state index contributed by atoms with van der Waals surface area (Å²) in [5.74, 6) is 0. The molecule has 0 aliphatic heterocycles.